The van der Waals surface area contributed by atoms with Crippen molar-refractivity contribution in [2.45, 2.75) is 6.92 Å². The van der Waals surface area contributed by atoms with Crippen molar-refractivity contribution in [1.29, 1.82) is 5.26 Å². The molecule has 1 rings (SSSR count). The Balaban J connectivity index is 2.68. The Morgan fingerprint density at radius 2 is 1.73 bits per heavy atom. The lowest BCUT2D eigenvalue weighted by molar-refractivity contribution is -0.135. The lowest BCUT2D eigenvalue weighted by Crippen LogP contribution is -2.20. The van der Waals surface area contributed by atoms with Crippen LogP contribution in [0.5, 0.6) is 0 Å². The molecule has 0 heterocycles. The molecule has 22 heavy (non-hydrogen) atoms. The van der Waals surface area contributed by atoms with Gasteiger partial charge < -0.3 is 21.1 Å². The molecule has 1 aromatic carbocycles. The number of hydrogen-bond donors (Lipinski definition) is 4. The van der Waals surface area contributed by atoms with E-state index in [1.165, 1.54) is 6.92 Å². The second-order valence-electron chi connectivity index (χ2n) is 4.16. The van der Waals surface area contributed by atoms with Crippen molar-refractivity contribution in [1.82, 2.24) is 5.32 Å². The van der Waals surface area contributed by atoms with Gasteiger partial charge in [-0.2, -0.15) is 5.26 Å². The van der Waals surface area contributed by atoms with Gasteiger partial charge in [0.25, 0.3) is 5.91 Å². The molecule has 0 saturated heterocycles. The van der Waals surface area contributed by atoms with E-state index in [2.05, 4.69) is 16.0 Å². The molecule has 0 radical (unpaired) electrons. The molecule has 0 aliphatic heterocycles. The number of rotatable bonds is 6. The summed E-state index contributed by atoms with van der Waals surface area (Å²) in [6.07, 6.45) is 1.04. The van der Waals surface area contributed by atoms with Crippen molar-refractivity contribution in [3.63, 3.8) is 0 Å². The quantitative estimate of drug-likeness (QED) is 0.451. The third-order valence-electron chi connectivity index (χ3n) is 2.33. The molecule has 0 aliphatic carbocycles. The Morgan fingerprint density at radius 3 is 2.18 bits per heavy atom. The standard InChI is InChI=1S/C14H14N4O4/c1-9(19)17-11-2-4-12(5-3-11)18-14(22)10(6-15)7-16-8-13(20)21/h2-5,7,16H,8H2,1H3,(H,17,19)(H,18,22)(H,20,21)/b10-7-. The highest BCUT2D eigenvalue weighted by Gasteiger charge is 2.09. The van der Waals surface area contributed by atoms with E-state index in [9.17, 15) is 14.4 Å². The fraction of sp³-hybridized carbons (Fsp3) is 0.143. The van der Waals surface area contributed by atoms with E-state index in [1.807, 2.05) is 0 Å². The number of benzene rings is 1. The van der Waals surface area contributed by atoms with E-state index < -0.39 is 18.4 Å². The molecule has 2 amide bonds. The number of nitrogens with one attached hydrogen (secondary N) is 3. The minimum Gasteiger partial charge on any atom is -0.480 e. The van der Waals surface area contributed by atoms with Crippen LogP contribution in [0.1, 0.15) is 6.92 Å². The highest BCUT2D eigenvalue weighted by atomic mass is 16.4. The summed E-state index contributed by atoms with van der Waals surface area (Å²) >= 11 is 0. The topological polar surface area (TPSA) is 131 Å². The molecule has 0 bridgehead atoms. The van der Waals surface area contributed by atoms with E-state index in [4.69, 9.17) is 10.4 Å². The lowest BCUT2D eigenvalue weighted by atomic mass is 10.2. The number of nitriles is 1. The molecule has 8 heteroatoms. The van der Waals surface area contributed by atoms with Gasteiger partial charge in [-0.15, -0.1) is 0 Å². The van der Waals surface area contributed by atoms with Crippen LogP contribution in [0.4, 0.5) is 11.4 Å². The van der Waals surface area contributed by atoms with Crippen LogP contribution in [0.2, 0.25) is 0 Å². The van der Waals surface area contributed by atoms with Gasteiger partial charge in [0.1, 0.15) is 18.2 Å². The van der Waals surface area contributed by atoms with Gasteiger partial charge in [0, 0.05) is 24.5 Å². The third kappa shape index (κ3) is 5.75. The van der Waals surface area contributed by atoms with Gasteiger partial charge in [0.05, 0.1) is 0 Å². The van der Waals surface area contributed by atoms with E-state index in [1.54, 1.807) is 30.3 Å². The van der Waals surface area contributed by atoms with Gasteiger partial charge in [0.15, 0.2) is 0 Å². The molecular formula is C14H14N4O4. The summed E-state index contributed by atoms with van der Waals surface area (Å²) in [6, 6.07) is 7.97. The zero-order valence-electron chi connectivity index (χ0n) is 11.7. The molecule has 0 saturated carbocycles. The zero-order valence-corrected chi connectivity index (χ0v) is 11.7. The van der Waals surface area contributed by atoms with Crippen LogP contribution in [0.15, 0.2) is 36.0 Å². The van der Waals surface area contributed by atoms with Crippen LogP contribution in [0, 0.1) is 11.3 Å². The second-order valence-corrected chi connectivity index (χ2v) is 4.16. The molecular weight excluding hydrogens is 288 g/mol. The fourth-order valence-electron chi connectivity index (χ4n) is 1.43. The highest BCUT2D eigenvalue weighted by Crippen LogP contribution is 2.14. The normalized spacial score (nSPS) is 10.3. The van der Waals surface area contributed by atoms with E-state index in [0.717, 1.165) is 6.20 Å². The number of hydrogen-bond acceptors (Lipinski definition) is 5. The number of carboxylic acid groups (broad SMARTS) is 1. The monoisotopic (exact) mass is 302 g/mol. The van der Waals surface area contributed by atoms with Gasteiger partial charge in [-0.3, -0.25) is 14.4 Å². The maximum atomic E-state index is 11.8. The van der Waals surface area contributed by atoms with Crippen LogP contribution < -0.4 is 16.0 Å². The molecule has 0 fully saturated rings. The average Bonchev–Trinajstić information content (AvgIpc) is 2.44. The first kappa shape index (κ1) is 16.7. The largest absolute Gasteiger partial charge is 0.480 e. The summed E-state index contributed by atoms with van der Waals surface area (Å²) in [5.41, 5.74) is 0.746. The second kappa shape index (κ2) is 8.06. The number of carbonyl (C=O) groups is 3. The molecule has 0 unspecified atom stereocenters. The van der Waals surface area contributed by atoms with Gasteiger partial charge in [-0.1, -0.05) is 0 Å². The number of aliphatic carboxylic acids is 1. The highest BCUT2D eigenvalue weighted by molar-refractivity contribution is 6.06. The smallest absolute Gasteiger partial charge is 0.322 e. The first-order chi connectivity index (χ1) is 10.4. The number of anilines is 2. The molecule has 4 N–H and O–H groups in total. The SMILES string of the molecule is CC(=O)Nc1ccc(NC(=O)/C(C#N)=C\NCC(=O)O)cc1. The van der Waals surface area contributed by atoms with Crippen LogP contribution in [-0.4, -0.2) is 29.4 Å². The summed E-state index contributed by atoms with van der Waals surface area (Å²) in [5, 5.41) is 24.7. The summed E-state index contributed by atoms with van der Waals surface area (Å²) < 4.78 is 0. The molecule has 8 nitrogen and oxygen atoms in total. The fourth-order valence-corrected chi connectivity index (χ4v) is 1.43. The summed E-state index contributed by atoms with van der Waals surface area (Å²) in [5.74, 6) is -1.99. The first-order valence-corrected chi connectivity index (χ1v) is 6.17. The van der Waals surface area contributed by atoms with Crippen molar-refractivity contribution in [2.24, 2.45) is 0 Å². The maximum Gasteiger partial charge on any atom is 0.322 e. The Morgan fingerprint density at radius 1 is 1.18 bits per heavy atom. The van der Waals surface area contributed by atoms with E-state index in [0.29, 0.717) is 11.4 Å². The van der Waals surface area contributed by atoms with Gasteiger partial charge in [-0.05, 0) is 24.3 Å². The molecule has 0 aromatic heterocycles. The van der Waals surface area contributed by atoms with Crippen molar-refractivity contribution in [3.05, 3.63) is 36.0 Å². The summed E-state index contributed by atoms with van der Waals surface area (Å²) in [6.45, 7) is 0.980. The molecule has 0 aliphatic rings. The Labute approximate surface area is 126 Å². The predicted octanol–water partition coefficient (Wildman–Crippen LogP) is 0.665. The van der Waals surface area contributed by atoms with Gasteiger partial charge in [0.2, 0.25) is 5.91 Å². The summed E-state index contributed by atoms with van der Waals surface area (Å²) in [7, 11) is 0. The Kier molecular flexibility index (Phi) is 6.12. The number of nitrogens with zero attached hydrogens (tertiary/aromatic N) is 1. The lowest BCUT2D eigenvalue weighted by Gasteiger charge is -2.06. The van der Waals surface area contributed by atoms with Gasteiger partial charge >= 0.3 is 5.97 Å². The molecule has 1 aromatic rings. The zero-order chi connectivity index (χ0) is 16.5. The minimum atomic E-state index is -1.11. The average molecular weight is 302 g/mol. The first-order valence-electron chi connectivity index (χ1n) is 6.17. The molecule has 0 atom stereocenters. The van der Waals surface area contributed by atoms with E-state index >= 15 is 0 Å². The van der Waals surface area contributed by atoms with Crippen LogP contribution >= 0.6 is 0 Å². The maximum absolute atomic E-state index is 11.8. The van der Waals surface area contributed by atoms with Crippen LogP contribution in [-0.2, 0) is 14.4 Å². The van der Waals surface area contributed by atoms with Crippen LogP contribution in [0.25, 0.3) is 0 Å². The predicted molar refractivity (Wildman–Crippen MR) is 78.7 cm³/mol. The van der Waals surface area contributed by atoms with E-state index in [-0.39, 0.29) is 11.5 Å². The van der Waals surface area contributed by atoms with Crippen molar-refractivity contribution in [3.8, 4) is 6.07 Å². The van der Waals surface area contributed by atoms with Crippen molar-refractivity contribution < 1.29 is 19.5 Å². The van der Waals surface area contributed by atoms with Crippen molar-refractivity contribution in [2.75, 3.05) is 17.2 Å². The Bertz CT molecular complexity index is 644. The van der Waals surface area contributed by atoms with Crippen LogP contribution in [0.3, 0.4) is 0 Å². The number of amides is 2. The third-order valence-corrected chi connectivity index (χ3v) is 2.33. The van der Waals surface area contributed by atoms with Crippen molar-refractivity contribution >= 4 is 29.2 Å². The minimum absolute atomic E-state index is 0.212. The molecule has 114 valence electrons. The molecule has 0 spiro atoms. The van der Waals surface area contributed by atoms with Gasteiger partial charge in [-0.25, -0.2) is 0 Å². The number of carbonyl (C=O) groups excluding carboxylic acids is 2. The number of carboxylic acids is 1. The Hall–Kier alpha value is -3.34. The summed E-state index contributed by atoms with van der Waals surface area (Å²) in [4.78, 5) is 33.0.